The average molecular weight is 641 g/mol. The minimum atomic E-state index is -0.764. The van der Waals surface area contributed by atoms with Crippen molar-refractivity contribution in [2.75, 3.05) is 10.6 Å². The van der Waals surface area contributed by atoms with Crippen LogP contribution >= 0.6 is 15.9 Å². The molecule has 0 bridgehead atoms. The Bertz CT molecular complexity index is 1710. The van der Waals surface area contributed by atoms with Crippen LogP contribution in [-0.2, 0) is 0 Å². The number of hydrogen-bond donors (Lipinski definition) is 2. The molecule has 0 saturated carbocycles. The Hall–Kier alpha value is -4.97. The highest BCUT2D eigenvalue weighted by Crippen LogP contribution is 2.27. The molecule has 0 aliphatic heterocycles. The first-order valence-electron chi connectivity index (χ1n) is 12.0. The number of aromatic nitrogens is 2. The van der Waals surface area contributed by atoms with Gasteiger partial charge in [-0.05, 0) is 88.7 Å². The third-order valence-corrected chi connectivity index (χ3v) is 6.24. The molecule has 212 valence electrons. The molecule has 0 aliphatic rings. The van der Waals surface area contributed by atoms with Gasteiger partial charge in [-0.1, -0.05) is 12.1 Å². The molecule has 6 nitrogen and oxygen atoms in total. The number of nitrogens with zero attached hydrogens (tertiary/aromatic N) is 2. The molecule has 12 heteroatoms. The van der Waals surface area contributed by atoms with Gasteiger partial charge in [-0.25, -0.2) is 31.9 Å². The van der Waals surface area contributed by atoms with Crippen LogP contribution in [0.15, 0.2) is 89.5 Å². The van der Waals surface area contributed by atoms with Gasteiger partial charge in [0.25, 0.3) is 0 Å². The van der Waals surface area contributed by atoms with E-state index in [2.05, 4.69) is 36.5 Å². The number of anilines is 4. The highest BCUT2D eigenvalue weighted by molar-refractivity contribution is 9.10. The summed E-state index contributed by atoms with van der Waals surface area (Å²) in [5.74, 6) is -2.99. The van der Waals surface area contributed by atoms with Gasteiger partial charge in [0.2, 0.25) is 0 Å². The van der Waals surface area contributed by atoms with Crippen molar-refractivity contribution in [3.63, 3.8) is 0 Å². The van der Waals surface area contributed by atoms with E-state index < -0.39 is 29.1 Å². The summed E-state index contributed by atoms with van der Waals surface area (Å²) in [6.45, 7) is 0. The highest BCUT2D eigenvalue weighted by Gasteiger charge is 2.13. The van der Waals surface area contributed by atoms with Crippen LogP contribution in [-0.4, -0.2) is 22.5 Å². The molecule has 2 N–H and O–H groups in total. The highest BCUT2D eigenvalue weighted by atomic mass is 79.9. The number of halogens is 6. The molecule has 42 heavy (non-hydrogen) atoms. The van der Waals surface area contributed by atoms with Crippen LogP contribution in [0.2, 0.25) is 0 Å². The first-order chi connectivity index (χ1) is 20.2. The number of rotatable bonds is 7. The van der Waals surface area contributed by atoms with Gasteiger partial charge in [-0.15, -0.1) is 0 Å². The van der Waals surface area contributed by atoms with E-state index in [1.165, 1.54) is 60.7 Å². The summed E-state index contributed by atoms with van der Waals surface area (Å²) in [4.78, 5) is 30.0. The van der Waals surface area contributed by atoms with E-state index in [0.717, 1.165) is 24.3 Å². The van der Waals surface area contributed by atoms with Gasteiger partial charge in [0, 0.05) is 16.7 Å². The molecule has 2 aromatic heterocycles. The molecule has 0 aliphatic carbocycles. The van der Waals surface area contributed by atoms with Crippen LogP contribution in [0.3, 0.4) is 0 Å². The molecule has 5 aromatic rings. The van der Waals surface area contributed by atoms with Crippen LogP contribution in [0.25, 0.3) is 11.3 Å². The Labute approximate surface area is 244 Å². The number of aldehydes is 2. The van der Waals surface area contributed by atoms with E-state index in [-0.39, 0.29) is 34.3 Å². The fraction of sp³-hybridized carbons (Fsp3) is 0. The Kier molecular flexibility index (Phi) is 9.71. The number of pyridine rings is 2. The lowest BCUT2D eigenvalue weighted by Gasteiger charge is -2.11. The molecular formula is C30H18BrF5N4O2. The predicted octanol–water partition coefficient (Wildman–Crippen LogP) is 8.40. The summed E-state index contributed by atoms with van der Waals surface area (Å²) in [7, 11) is 0. The Balaban J connectivity index is 0.000000201. The zero-order valence-electron chi connectivity index (χ0n) is 21.2. The third-order valence-electron chi connectivity index (χ3n) is 5.61. The lowest BCUT2D eigenvalue weighted by molar-refractivity contribution is 0.111. The maximum absolute atomic E-state index is 13.7. The first kappa shape index (κ1) is 30.0. The van der Waals surface area contributed by atoms with E-state index in [0.29, 0.717) is 28.3 Å². The number of carbonyl (C=O) groups is 2. The lowest BCUT2D eigenvalue weighted by atomic mass is 10.1. The summed E-state index contributed by atoms with van der Waals surface area (Å²) in [5, 5.41) is 5.09. The van der Waals surface area contributed by atoms with E-state index in [1.807, 2.05) is 0 Å². The minimum Gasteiger partial charge on any atom is -0.335 e. The summed E-state index contributed by atoms with van der Waals surface area (Å²) in [6.07, 6.45) is 1.24. The summed E-state index contributed by atoms with van der Waals surface area (Å²) < 4.78 is 67.6. The fourth-order valence-corrected chi connectivity index (χ4v) is 3.98. The van der Waals surface area contributed by atoms with Gasteiger partial charge in [0.15, 0.2) is 12.6 Å². The second-order valence-corrected chi connectivity index (χ2v) is 9.15. The molecule has 3 aromatic carbocycles. The molecule has 0 spiro atoms. The molecule has 0 amide bonds. The standard InChI is InChI=1S/C18H11F3N2O.C12H7BrF2N2O/c19-13-7-4-11(5-8-13)17-12(10-24)6-9-16(22-17)23-18-14(20)2-1-3-15(18)21;13-12-7(6-18)4-5-10(17-12)16-11-8(14)2-1-3-9(11)15/h1-10H,(H,22,23);1-6H,(H,16,17). The third kappa shape index (κ3) is 7.21. The maximum atomic E-state index is 13.7. The van der Waals surface area contributed by atoms with Gasteiger partial charge < -0.3 is 10.6 Å². The molecule has 0 atom stereocenters. The maximum Gasteiger partial charge on any atom is 0.152 e. The van der Waals surface area contributed by atoms with Crippen LogP contribution in [0.5, 0.6) is 0 Å². The van der Waals surface area contributed by atoms with Crippen molar-refractivity contribution in [3.05, 3.63) is 130 Å². The van der Waals surface area contributed by atoms with Crippen LogP contribution in [0, 0.1) is 29.1 Å². The van der Waals surface area contributed by atoms with Gasteiger partial charge in [-0.3, -0.25) is 9.59 Å². The van der Waals surface area contributed by atoms with E-state index >= 15 is 0 Å². The number of benzene rings is 3. The van der Waals surface area contributed by atoms with E-state index in [4.69, 9.17) is 0 Å². The fourth-order valence-electron chi connectivity index (χ4n) is 3.57. The van der Waals surface area contributed by atoms with Crippen molar-refractivity contribution in [2.45, 2.75) is 0 Å². The Morgan fingerprint density at radius 1 is 0.571 bits per heavy atom. The number of carbonyl (C=O) groups excluding carboxylic acids is 2. The molecule has 0 saturated heterocycles. The normalized spacial score (nSPS) is 10.3. The van der Waals surface area contributed by atoms with Gasteiger partial charge in [-0.2, -0.15) is 0 Å². The second kappa shape index (κ2) is 13.6. The molecule has 0 radical (unpaired) electrons. The second-order valence-electron chi connectivity index (χ2n) is 8.40. The van der Waals surface area contributed by atoms with Crippen LogP contribution < -0.4 is 10.6 Å². The van der Waals surface area contributed by atoms with E-state index in [9.17, 15) is 31.5 Å². The molecule has 5 rings (SSSR count). The smallest absolute Gasteiger partial charge is 0.152 e. The predicted molar refractivity (Wildman–Crippen MR) is 152 cm³/mol. The largest absolute Gasteiger partial charge is 0.335 e. The van der Waals surface area contributed by atoms with Gasteiger partial charge in [0.05, 0.1) is 5.69 Å². The molecular weight excluding hydrogens is 623 g/mol. The lowest BCUT2D eigenvalue weighted by Crippen LogP contribution is -2.01. The molecule has 0 fully saturated rings. The van der Waals surface area contributed by atoms with Gasteiger partial charge >= 0.3 is 0 Å². The summed E-state index contributed by atoms with van der Waals surface area (Å²) in [6, 6.07) is 18.3. The van der Waals surface area contributed by atoms with Crippen molar-refractivity contribution >= 4 is 51.5 Å². The van der Waals surface area contributed by atoms with Gasteiger partial charge in [0.1, 0.15) is 56.7 Å². The Morgan fingerprint density at radius 2 is 1.02 bits per heavy atom. The number of hydrogen-bond acceptors (Lipinski definition) is 6. The minimum absolute atomic E-state index is 0.156. The average Bonchev–Trinajstić information content (AvgIpc) is 2.98. The Morgan fingerprint density at radius 3 is 1.48 bits per heavy atom. The topological polar surface area (TPSA) is 84.0 Å². The van der Waals surface area contributed by atoms with Crippen molar-refractivity contribution in [2.24, 2.45) is 0 Å². The summed E-state index contributed by atoms with van der Waals surface area (Å²) in [5.41, 5.74) is 0.809. The number of nitrogens with one attached hydrogen (secondary N) is 2. The van der Waals surface area contributed by atoms with Crippen molar-refractivity contribution < 1.29 is 31.5 Å². The first-order valence-corrected chi connectivity index (χ1v) is 12.8. The molecule has 0 unspecified atom stereocenters. The quantitative estimate of drug-likeness (QED) is 0.106. The molecule has 2 heterocycles. The van der Waals surface area contributed by atoms with Crippen molar-refractivity contribution in [1.29, 1.82) is 0 Å². The summed E-state index contributed by atoms with van der Waals surface area (Å²) >= 11 is 3.09. The zero-order valence-corrected chi connectivity index (χ0v) is 22.8. The van der Waals surface area contributed by atoms with Crippen molar-refractivity contribution in [3.8, 4) is 11.3 Å². The monoisotopic (exact) mass is 640 g/mol. The zero-order chi connectivity index (χ0) is 30.2. The SMILES string of the molecule is O=Cc1ccc(Nc2c(F)cccc2F)nc1-c1ccc(F)cc1.O=Cc1ccc(Nc2c(F)cccc2F)nc1Br. The van der Waals surface area contributed by atoms with Crippen LogP contribution in [0.4, 0.5) is 45.0 Å². The van der Waals surface area contributed by atoms with Crippen LogP contribution in [0.1, 0.15) is 20.7 Å². The van der Waals surface area contributed by atoms with Crippen molar-refractivity contribution in [1.82, 2.24) is 9.97 Å². The van der Waals surface area contributed by atoms with E-state index in [1.54, 1.807) is 0 Å². The number of para-hydroxylation sites is 2.